The number of aromatic nitrogens is 1. The van der Waals surface area contributed by atoms with Crippen LogP contribution in [0.1, 0.15) is 11.1 Å². The van der Waals surface area contributed by atoms with Crippen molar-refractivity contribution in [2.24, 2.45) is 0 Å². The summed E-state index contributed by atoms with van der Waals surface area (Å²) < 4.78 is 39.6. The van der Waals surface area contributed by atoms with Gasteiger partial charge in [-0.15, -0.1) is 0 Å². The first-order chi connectivity index (χ1) is 8.30. The normalized spacial score (nSPS) is 11.8. The molecule has 0 saturated carbocycles. The number of aryl methyl sites for hydroxylation is 1. The summed E-state index contributed by atoms with van der Waals surface area (Å²) in [7, 11) is 0. The largest absolute Gasteiger partial charge is 0.417 e. The van der Waals surface area contributed by atoms with Gasteiger partial charge < -0.3 is 5.73 Å². The lowest BCUT2D eigenvalue weighted by Crippen LogP contribution is -2.08. The van der Waals surface area contributed by atoms with E-state index in [1.54, 1.807) is 13.0 Å². The lowest BCUT2D eigenvalue weighted by atomic mass is 9.99. The maximum Gasteiger partial charge on any atom is 0.417 e. The number of anilines is 1. The van der Waals surface area contributed by atoms with Crippen LogP contribution in [0.15, 0.2) is 18.2 Å². The number of nitrogens with two attached hydrogens (primary N) is 1. The number of benzene rings is 1. The highest BCUT2D eigenvalue weighted by atomic mass is 127. The van der Waals surface area contributed by atoms with Crippen molar-refractivity contribution in [3.05, 3.63) is 32.2 Å². The van der Waals surface area contributed by atoms with E-state index in [9.17, 15) is 13.2 Å². The van der Waals surface area contributed by atoms with E-state index < -0.39 is 11.7 Å². The Morgan fingerprint density at radius 3 is 2.50 bits per heavy atom. The van der Waals surface area contributed by atoms with Gasteiger partial charge >= 0.3 is 6.18 Å². The number of rotatable bonds is 1. The van der Waals surface area contributed by atoms with Crippen LogP contribution in [0.2, 0.25) is 0 Å². The van der Waals surface area contributed by atoms with Crippen molar-refractivity contribution in [2.75, 3.05) is 5.73 Å². The monoisotopic (exact) mass is 384 g/mol. The number of nitrogens with zero attached hydrogens (tertiary/aromatic N) is 1. The number of hydrogen-bond acceptors (Lipinski definition) is 3. The zero-order valence-corrected chi connectivity index (χ0v) is 12.2. The lowest BCUT2D eigenvalue weighted by Gasteiger charge is -2.13. The standard InChI is InChI=1S/C11H8F3IN2S/c1-5-3-2-4-6(11(12,13)14)7(5)8-9(15)18-10(16)17-8/h2-4H,1H3,(H2,16,17). The second-order valence-electron chi connectivity index (χ2n) is 3.67. The molecular formula is C11H8F3IN2S. The highest BCUT2D eigenvalue weighted by Crippen LogP contribution is 2.41. The molecule has 0 aliphatic rings. The molecule has 2 nitrogen and oxygen atoms in total. The Kier molecular flexibility index (Phi) is 3.54. The molecule has 0 amide bonds. The van der Waals surface area contributed by atoms with Crippen molar-refractivity contribution in [1.29, 1.82) is 0 Å². The zero-order valence-electron chi connectivity index (χ0n) is 9.18. The second-order valence-corrected chi connectivity index (χ2v) is 6.51. The Morgan fingerprint density at radius 1 is 1.33 bits per heavy atom. The van der Waals surface area contributed by atoms with Crippen molar-refractivity contribution < 1.29 is 13.2 Å². The van der Waals surface area contributed by atoms with Crippen LogP contribution in [0.25, 0.3) is 11.3 Å². The molecule has 0 saturated heterocycles. The summed E-state index contributed by atoms with van der Waals surface area (Å²) in [6.07, 6.45) is -4.40. The van der Waals surface area contributed by atoms with Gasteiger partial charge in [-0.25, -0.2) is 4.98 Å². The predicted molar refractivity (Wildman–Crippen MR) is 74.4 cm³/mol. The minimum Gasteiger partial charge on any atom is -0.375 e. The van der Waals surface area contributed by atoms with Crippen LogP contribution in [0.3, 0.4) is 0 Å². The fourth-order valence-corrected chi connectivity index (χ4v) is 3.32. The number of hydrogen-bond donors (Lipinski definition) is 1. The maximum atomic E-state index is 13.0. The Labute approximate surface area is 119 Å². The first-order valence-electron chi connectivity index (χ1n) is 4.89. The molecule has 0 unspecified atom stereocenters. The Hall–Kier alpha value is -0.830. The third kappa shape index (κ3) is 2.46. The van der Waals surface area contributed by atoms with E-state index in [0.717, 1.165) is 6.07 Å². The number of nitrogen functional groups attached to an aromatic ring is 1. The summed E-state index contributed by atoms with van der Waals surface area (Å²) in [6, 6.07) is 4.09. The molecule has 2 N–H and O–H groups in total. The van der Waals surface area contributed by atoms with Gasteiger partial charge in [-0.2, -0.15) is 13.2 Å². The molecule has 0 aliphatic carbocycles. The maximum absolute atomic E-state index is 13.0. The molecule has 1 heterocycles. The molecule has 0 aliphatic heterocycles. The Bertz CT molecular complexity index is 592. The minimum atomic E-state index is -4.40. The number of thiazole rings is 1. The van der Waals surface area contributed by atoms with Gasteiger partial charge in [0, 0.05) is 5.56 Å². The van der Waals surface area contributed by atoms with Crippen LogP contribution in [0.5, 0.6) is 0 Å². The molecule has 1 aromatic heterocycles. The van der Waals surface area contributed by atoms with E-state index in [1.807, 2.05) is 22.6 Å². The molecule has 0 bridgehead atoms. The molecule has 2 rings (SSSR count). The van der Waals surface area contributed by atoms with Gasteiger partial charge in [0.1, 0.15) is 0 Å². The van der Waals surface area contributed by atoms with E-state index in [4.69, 9.17) is 5.73 Å². The van der Waals surface area contributed by atoms with Gasteiger partial charge in [-0.1, -0.05) is 23.5 Å². The summed E-state index contributed by atoms with van der Waals surface area (Å²) in [6.45, 7) is 1.64. The first-order valence-corrected chi connectivity index (χ1v) is 6.79. The average molecular weight is 384 g/mol. The van der Waals surface area contributed by atoms with Crippen molar-refractivity contribution in [2.45, 2.75) is 13.1 Å². The summed E-state index contributed by atoms with van der Waals surface area (Å²) in [4.78, 5) is 4.00. The topological polar surface area (TPSA) is 38.9 Å². The van der Waals surface area contributed by atoms with Crippen LogP contribution in [0.4, 0.5) is 18.3 Å². The van der Waals surface area contributed by atoms with Crippen LogP contribution < -0.4 is 5.73 Å². The van der Waals surface area contributed by atoms with Gasteiger partial charge in [0.15, 0.2) is 5.13 Å². The van der Waals surface area contributed by atoms with Crippen molar-refractivity contribution in [3.63, 3.8) is 0 Å². The second kappa shape index (κ2) is 4.69. The highest BCUT2D eigenvalue weighted by molar-refractivity contribution is 14.1. The van der Waals surface area contributed by atoms with Crippen LogP contribution in [0, 0.1) is 9.81 Å². The third-order valence-corrected chi connectivity index (χ3v) is 4.26. The quantitative estimate of drug-likeness (QED) is 0.744. The van der Waals surface area contributed by atoms with Crippen LogP contribution in [-0.4, -0.2) is 4.98 Å². The zero-order chi connectivity index (χ0) is 13.5. The van der Waals surface area contributed by atoms with Crippen LogP contribution in [-0.2, 0) is 6.18 Å². The van der Waals surface area contributed by atoms with Crippen molar-refractivity contribution >= 4 is 39.1 Å². The minimum absolute atomic E-state index is 0.113. The Morgan fingerprint density at radius 2 is 2.00 bits per heavy atom. The van der Waals surface area contributed by atoms with Crippen molar-refractivity contribution in [1.82, 2.24) is 4.98 Å². The molecule has 1 aromatic carbocycles. The molecule has 7 heteroatoms. The van der Waals surface area contributed by atoms with Gasteiger partial charge in [0.25, 0.3) is 0 Å². The molecule has 18 heavy (non-hydrogen) atoms. The summed E-state index contributed by atoms with van der Waals surface area (Å²) in [5, 5.41) is 0.269. The predicted octanol–water partition coefficient (Wildman–Crippen LogP) is 4.32. The Balaban J connectivity index is 2.74. The SMILES string of the molecule is Cc1cccc(C(F)(F)F)c1-c1nc(N)sc1I. The van der Waals surface area contributed by atoms with Crippen molar-refractivity contribution in [3.8, 4) is 11.3 Å². The smallest absolute Gasteiger partial charge is 0.375 e. The molecule has 96 valence electrons. The van der Waals surface area contributed by atoms with Gasteiger partial charge in [-0.05, 0) is 41.1 Å². The van der Waals surface area contributed by atoms with E-state index in [-0.39, 0.29) is 10.7 Å². The van der Waals surface area contributed by atoms with Gasteiger partial charge in [0.05, 0.1) is 14.1 Å². The van der Waals surface area contributed by atoms with E-state index in [0.29, 0.717) is 14.1 Å². The van der Waals surface area contributed by atoms with Gasteiger partial charge in [0.2, 0.25) is 0 Å². The van der Waals surface area contributed by atoms with E-state index in [2.05, 4.69) is 4.98 Å². The number of alkyl halides is 3. The van der Waals surface area contributed by atoms with E-state index in [1.165, 1.54) is 17.4 Å². The third-order valence-electron chi connectivity index (χ3n) is 2.42. The lowest BCUT2D eigenvalue weighted by molar-refractivity contribution is -0.137. The molecule has 0 radical (unpaired) electrons. The highest BCUT2D eigenvalue weighted by Gasteiger charge is 2.35. The molecule has 0 atom stereocenters. The fourth-order valence-electron chi connectivity index (χ4n) is 1.69. The molecule has 2 aromatic rings. The van der Waals surface area contributed by atoms with E-state index >= 15 is 0 Å². The summed E-state index contributed by atoms with van der Waals surface area (Å²) >= 11 is 3.13. The average Bonchev–Trinajstić information content (AvgIpc) is 2.56. The van der Waals surface area contributed by atoms with Crippen LogP contribution >= 0.6 is 33.9 Å². The van der Waals surface area contributed by atoms with Gasteiger partial charge in [-0.3, -0.25) is 0 Å². The summed E-state index contributed by atoms with van der Waals surface area (Å²) in [5.74, 6) is 0. The molecule has 0 spiro atoms. The number of halogens is 4. The molecular weight excluding hydrogens is 376 g/mol. The fraction of sp³-hybridized carbons (Fsp3) is 0.182. The first kappa shape index (κ1) is 13.6. The summed E-state index contributed by atoms with van der Waals surface area (Å²) in [5.41, 5.74) is 5.83. The molecule has 0 fully saturated rings.